The number of thiophene rings is 1. The lowest BCUT2D eigenvalue weighted by atomic mass is 10.1. The van der Waals surface area contributed by atoms with E-state index in [4.69, 9.17) is 5.73 Å². The van der Waals surface area contributed by atoms with Crippen molar-refractivity contribution in [2.24, 2.45) is 0 Å². The van der Waals surface area contributed by atoms with Crippen LogP contribution in [0.25, 0.3) is 0 Å². The van der Waals surface area contributed by atoms with E-state index in [1.54, 1.807) is 0 Å². The molecule has 0 radical (unpaired) electrons. The number of anilines is 1. The summed E-state index contributed by atoms with van der Waals surface area (Å²) in [4.78, 5) is 8.30. The Hall–Kier alpha value is -1.39. The quantitative estimate of drug-likeness (QED) is 0.917. The fraction of sp³-hybridized carbons (Fsp3) is 0.438. The van der Waals surface area contributed by atoms with Crippen molar-refractivity contribution in [3.63, 3.8) is 0 Å². The summed E-state index contributed by atoms with van der Waals surface area (Å²) in [5, 5.41) is 2.13. The molecular formula is C16H23N3S. The zero-order chi connectivity index (χ0) is 14.7. The van der Waals surface area contributed by atoms with E-state index in [0.717, 1.165) is 35.5 Å². The zero-order valence-electron chi connectivity index (χ0n) is 12.7. The van der Waals surface area contributed by atoms with Crippen molar-refractivity contribution in [1.29, 1.82) is 0 Å². The van der Waals surface area contributed by atoms with Gasteiger partial charge in [-0.1, -0.05) is 6.07 Å². The normalized spacial score (nSPS) is 12.8. The van der Waals surface area contributed by atoms with Crippen molar-refractivity contribution in [3.05, 3.63) is 45.4 Å². The fourth-order valence-electron chi connectivity index (χ4n) is 2.22. The molecule has 2 N–H and O–H groups in total. The SMILES string of the molecule is Cc1cnc(CN(C)C(C)Cc2cccs2)c(C)c1N. The van der Waals surface area contributed by atoms with E-state index in [0.29, 0.717) is 6.04 Å². The Bertz CT molecular complexity index is 563. The summed E-state index contributed by atoms with van der Waals surface area (Å²) in [7, 11) is 2.15. The summed E-state index contributed by atoms with van der Waals surface area (Å²) >= 11 is 1.82. The van der Waals surface area contributed by atoms with Crippen LogP contribution in [0, 0.1) is 13.8 Å². The molecule has 2 aromatic heterocycles. The standard InChI is InChI=1S/C16H23N3S/c1-11-9-18-15(13(3)16(11)17)10-19(4)12(2)8-14-6-5-7-20-14/h5-7,9,12H,8,10H2,1-4H3,(H2,17,18). The van der Waals surface area contributed by atoms with Gasteiger partial charge in [-0.15, -0.1) is 11.3 Å². The minimum atomic E-state index is 0.484. The van der Waals surface area contributed by atoms with Crippen LogP contribution >= 0.6 is 11.3 Å². The monoisotopic (exact) mass is 289 g/mol. The van der Waals surface area contributed by atoms with Gasteiger partial charge in [0.15, 0.2) is 0 Å². The lowest BCUT2D eigenvalue weighted by molar-refractivity contribution is 0.245. The van der Waals surface area contributed by atoms with Crippen LogP contribution in [0.2, 0.25) is 0 Å². The predicted octanol–water partition coefficient (Wildman–Crippen LogP) is 3.41. The van der Waals surface area contributed by atoms with E-state index in [2.05, 4.69) is 48.3 Å². The Balaban J connectivity index is 2.04. The van der Waals surface area contributed by atoms with Gasteiger partial charge in [-0.25, -0.2) is 0 Å². The second-order valence-corrected chi connectivity index (χ2v) is 6.51. The number of hydrogen-bond acceptors (Lipinski definition) is 4. The number of aromatic nitrogens is 1. The van der Waals surface area contributed by atoms with Gasteiger partial charge in [-0.2, -0.15) is 0 Å². The van der Waals surface area contributed by atoms with E-state index < -0.39 is 0 Å². The first kappa shape index (κ1) is 15.0. The average molecular weight is 289 g/mol. The predicted molar refractivity (Wildman–Crippen MR) is 87.1 cm³/mol. The van der Waals surface area contributed by atoms with E-state index in [-0.39, 0.29) is 0 Å². The molecule has 2 rings (SSSR count). The number of rotatable bonds is 5. The van der Waals surface area contributed by atoms with Crippen LogP contribution in [-0.2, 0) is 13.0 Å². The minimum absolute atomic E-state index is 0.484. The van der Waals surface area contributed by atoms with E-state index in [1.807, 2.05) is 24.5 Å². The molecule has 0 aliphatic rings. The number of pyridine rings is 1. The van der Waals surface area contributed by atoms with Crippen LogP contribution in [0.4, 0.5) is 5.69 Å². The van der Waals surface area contributed by atoms with Crippen molar-refractivity contribution >= 4 is 17.0 Å². The molecule has 3 nitrogen and oxygen atoms in total. The van der Waals surface area contributed by atoms with Gasteiger partial charge in [0.05, 0.1) is 5.69 Å². The number of likely N-dealkylation sites (N-methyl/N-ethyl adjacent to an activating group) is 1. The molecule has 0 fully saturated rings. The van der Waals surface area contributed by atoms with Gasteiger partial charge in [0.1, 0.15) is 0 Å². The maximum Gasteiger partial charge on any atom is 0.0593 e. The third-order valence-corrected chi connectivity index (χ3v) is 4.80. The molecule has 0 saturated heterocycles. The molecule has 108 valence electrons. The second-order valence-electron chi connectivity index (χ2n) is 5.47. The van der Waals surface area contributed by atoms with Crippen molar-refractivity contribution in [3.8, 4) is 0 Å². The van der Waals surface area contributed by atoms with Crippen molar-refractivity contribution < 1.29 is 0 Å². The van der Waals surface area contributed by atoms with Gasteiger partial charge in [0.2, 0.25) is 0 Å². The fourth-order valence-corrected chi connectivity index (χ4v) is 3.05. The molecule has 20 heavy (non-hydrogen) atoms. The molecule has 0 amide bonds. The summed E-state index contributed by atoms with van der Waals surface area (Å²) in [5.74, 6) is 0. The molecule has 0 saturated carbocycles. The van der Waals surface area contributed by atoms with Crippen molar-refractivity contribution in [2.45, 2.75) is 39.8 Å². The Morgan fingerprint density at radius 1 is 1.40 bits per heavy atom. The highest BCUT2D eigenvalue weighted by atomic mass is 32.1. The van der Waals surface area contributed by atoms with Gasteiger partial charge in [-0.3, -0.25) is 9.88 Å². The molecule has 0 aromatic carbocycles. The number of nitrogens with zero attached hydrogens (tertiary/aromatic N) is 2. The smallest absolute Gasteiger partial charge is 0.0593 e. The first-order valence-corrected chi connectivity index (χ1v) is 7.80. The van der Waals surface area contributed by atoms with Gasteiger partial charge in [-0.05, 0) is 56.8 Å². The Morgan fingerprint density at radius 3 is 2.80 bits per heavy atom. The third-order valence-electron chi connectivity index (χ3n) is 3.90. The third kappa shape index (κ3) is 3.38. The second kappa shape index (κ2) is 6.37. The maximum absolute atomic E-state index is 6.09. The van der Waals surface area contributed by atoms with Crippen LogP contribution < -0.4 is 5.73 Å². The Labute approximate surface area is 125 Å². The minimum Gasteiger partial charge on any atom is -0.398 e. The summed E-state index contributed by atoms with van der Waals surface area (Å²) in [6.45, 7) is 7.15. The highest BCUT2D eigenvalue weighted by Gasteiger charge is 2.14. The van der Waals surface area contributed by atoms with Crippen LogP contribution in [-0.4, -0.2) is 23.0 Å². The summed E-state index contributed by atoms with van der Waals surface area (Å²) in [5.41, 5.74) is 10.2. The number of hydrogen-bond donors (Lipinski definition) is 1. The van der Waals surface area contributed by atoms with Crippen LogP contribution in [0.5, 0.6) is 0 Å². The van der Waals surface area contributed by atoms with E-state index in [9.17, 15) is 0 Å². The molecule has 0 aliphatic carbocycles. The van der Waals surface area contributed by atoms with Gasteiger partial charge in [0.25, 0.3) is 0 Å². The maximum atomic E-state index is 6.09. The van der Waals surface area contributed by atoms with Gasteiger partial charge in [0, 0.05) is 29.3 Å². The van der Waals surface area contributed by atoms with Crippen molar-refractivity contribution in [2.75, 3.05) is 12.8 Å². The van der Waals surface area contributed by atoms with Crippen LogP contribution in [0.3, 0.4) is 0 Å². The number of aryl methyl sites for hydroxylation is 1. The molecule has 1 atom stereocenters. The van der Waals surface area contributed by atoms with Crippen LogP contribution in [0.1, 0.15) is 28.6 Å². The largest absolute Gasteiger partial charge is 0.398 e. The summed E-state index contributed by atoms with van der Waals surface area (Å²) < 4.78 is 0. The van der Waals surface area contributed by atoms with E-state index in [1.165, 1.54) is 4.88 Å². The molecule has 2 aromatic rings. The topological polar surface area (TPSA) is 42.2 Å². The van der Waals surface area contributed by atoms with Crippen molar-refractivity contribution in [1.82, 2.24) is 9.88 Å². The molecule has 1 unspecified atom stereocenters. The first-order chi connectivity index (χ1) is 9.49. The van der Waals surface area contributed by atoms with E-state index >= 15 is 0 Å². The molecule has 2 heterocycles. The molecule has 0 aliphatic heterocycles. The lowest BCUT2D eigenvalue weighted by Gasteiger charge is -2.25. The Morgan fingerprint density at radius 2 is 2.15 bits per heavy atom. The number of nitrogens with two attached hydrogens (primary N) is 1. The lowest BCUT2D eigenvalue weighted by Crippen LogP contribution is -2.31. The molecular weight excluding hydrogens is 266 g/mol. The summed E-state index contributed by atoms with van der Waals surface area (Å²) in [6, 6.07) is 4.79. The summed E-state index contributed by atoms with van der Waals surface area (Å²) in [6.07, 6.45) is 2.95. The molecule has 4 heteroatoms. The number of nitrogen functional groups attached to an aromatic ring is 1. The molecule has 0 bridgehead atoms. The zero-order valence-corrected chi connectivity index (χ0v) is 13.5. The Kier molecular flexibility index (Phi) is 4.78. The first-order valence-electron chi connectivity index (χ1n) is 6.92. The molecule has 0 spiro atoms. The average Bonchev–Trinajstić information content (AvgIpc) is 2.92. The highest BCUT2D eigenvalue weighted by Crippen LogP contribution is 2.20. The highest BCUT2D eigenvalue weighted by molar-refractivity contribution is 7.09. The van der Waals surface area contributed by atoms with Crippen LogP contribution in [0.15, 0.2) is 23.7 Å². The van der Waals surface area contributed by atoms with Gasteiger partial charge >= 0.3 is 0 Å². The van der Waals surface area contributed by atoms with Gasteiger partial charge < -0.3 is 5.73 Å².